The van der Waals surface area contributed by atoms with Gasteiger partial charge in [-0.05, 0) is 31.9 Å². The summed E-state index contributed by atoms with van der Waals surface area (Å²) < 4.78 is 0. The average Bonchev–Trinajstić information content (AvgIpc) is 2.59. The molecule has 0 atom stereocenters. The number of hydrogen-bond donors (Lipinski definition) is 0. The second-order valence-corrected chi connectivity index (χ2v) is 4.39. The van der Waals surface area contributed by atoms with E-state index in [1.807, 2.05) is 26.0 Å². The Morgan fingerprint density at radius 1 is 1.06 bits per heavy atom. The first-order valence-electron chi connectivity index (χ1n) is 5.94. The molecule has 2 rings (SSSR count). The molecule has 0 unspecified atom stereocenters. The predicted molar refractivity (Wildman–Crippen MR) is 69.4 cm³/mol. The molecule has 0 aliphatic carbocycles. The molecule has 0 N–H and O–H groups in total. The lowest BCUT2D eigenvalue weighted by atomic mass is 9.99. The summed E-state index contributed by atoms with van der Waals surface area (Å²) in [6, 6.07) is 3.77. The predicted octanol–water partition coefficient (Wildman–Crippen LogP) is 2.31. The number of amides is 2. The first-order chi connectivity index (χ1) is 8.57. The Labute approximate surface area is 107 Å². The molecular formula is C15H15NO2. The molecule has 2 amide bonds. The highest BCUT2D eigenvalue weighted by molar-refractivity contribution is 6.22. The topological polar surface area (TPSA) is 37.4 Å². The zero-order valence-electron chi connectivity index (χ0n) is 10.8. The highest BCUT2D eigenvalue weighted by atomic mass is 16.2. The maximum Gasteiger partial charge on any atom is 0.261 e. The van der Waals surface area contributed by atoms with Crippen LogP contribution in [0.3, 0.4) is 0 Å². The van der Waals surface area contributed by atoms with Crippen LogP contribution in [-0.2, 0) is 0 Å². The Kier molecular flexibility index (Phi) is 3.20. The second kappa shape index (κ2) is 4.66. The number of imide groups is 1. The van der Waals surface area contributed by atoms with Gasteiger partial charge in [0.2, 0.25) is 0 Å². The van der Waals surface area contributed by atoms with Gasteiger partial charge in [0.1, 0.15) is 0 Å². The molecule has 18 heavy (non-hydrogen) atoms. The normalized spacial score (nSPS) is 13.4. The highest BCUT2D eigenvalue weighted by Crippen LogP contribution is 2.28. The SMILES string of the molecule is CC#CCCN1C(=O)c2c(C)ccc(C)c2C1=O. The van der Waals surface area contributed by atoms with Crippen molar-refractivity contribution < 1.29 is 9.59 Å². The molecule has 1 aromatic rings. The van der Waals surface area contributed by atoms with Crippen LogP contribution in [0.15, 0.2) is 12.1 Å². The van der Waals surface area contributed by atoms with Gasteiger partial charge in [-0.1, -0.05) is 12.1 Å². The maximum atomic E-state index is 12.2. The Morgan fingerprint density at radius 2 is 1.56 bits per heavy atom. The van der Waals surface area contributed by atoms with Crippen molar-refractivity contribution in [1.82, 2.24) is 4.90 Å². The molecule has 3 heteroatoms. The molecule has 0 spiro atoms. The van der Waals surface area contributed by atoms with Gasteiger partial charge < -0.3 is 0 Å². The third-order valence-corrected chi connectivity index (χ3v) is 3.18. The van der Waals surface area contributed by atoms with Crippen molar-refractivity contribution in [3.63, 3.8) is 0 Å². The quantitative estimate of drug-likeness (QED) is 0.588. The van der Waals surface area contributed by atoms with Crippen molar-refractivity contribution in [2.24, 2.45) is 0 Å². The standard InChI is InChI=1S/C15H15NO2/c1-4-5-6-9-16-14(17)12-10(2)7-8-11(3)13(12)15(16)18/h7-8H,6,9H2,1-3H3. The summed E-state index contributed by atoms with van der Waals surface area (Å²) in [4.78, 5) is 25.8. The molecule has 3 nitrogen and oxygen atoms in total. The zero-order chi connectivity index (χ0) is 13.3. The van der Waals surface area contributed by atoms with Crippen LogP contribution < -0.4 is 0 Å². The third kappa shape index (κ3) is 1.80. The molecular weight excluding hydrogens is 226 g/mol. The highest BCUT2D eigenvalue weighted by Gasteiger charge is 2.37. The van der Waals surface area contributed by atoms with E-state index in [-0.39, 0.29) is 11.8 Å². The summed E-state index contributed by atoms with van der Waals surface area (Å²) >= 11 is 0. The van der Waals surface area contributed by atoms with Crippen LogP contribution in [0.4, 0.5) is 0 Å². The first kappa shape index (κ1) is 12.4. The number of aryl methyl sites for hydroxylation is 2. The van der Waals surface area contributed by atoms with Gasteiger partial charge >= 0.3 is 0 Å². The maximum absolute atomic E-state index is 12.2. The molecule has 92 valence electrons. The summed E-state index contributed by atoms with van der Waals surface area (Å²) in [7, 11) is 0. The van der Waals surface area contributed by atoms with Crippen LogP contribution in [-0.4, -0.2) is 23.3 Å². The van der Waals surface area contributed by atoms with E-state index in [9.17, 15) is 9.59 Å². The number of carbonyl (C=O) groups excluding carboxylic acids is 2. The Hall–Kier alpha value is -2.08. The fourth-order valence-electron chi connectivity index (χ4n) is 2.22. The smallest absolute Gasteiger partial charge is 0.261 e. The summed E-state index contributed by atoms with van der Waals surface area (Å²) in [6.45, 7) is 5.83. The summed E-state index contributed by atoms with van der Waals surface area (Å²) in [5.74, 6) is 5.27. The molecule has 1 aliphatic rings. The van der Waals surface area contributed by atoms with E-state index in [4.69, 9.17) is 0 Å². The Balaban J connectivity index is 2.40. The van der Waals surface area contributed by atoms with Gasteiger partial charge in [-0.3, -0.25) is 14.5 Å². The summed E-state index contributed by atoms with van der Waals surface area (Å²) in [6.07, 6.45) is 0.528. The molecule has 0 bridgehead atoms. The van der Waals surface area contributed by atoms with E-state index < -0.39 is 0 Å². The van der Waals surface area contributed by atoms with Gasteiger partial charge in [0.15, 0.2) is 0 Å². The lowest BCUT2D eigenvalue weighted by Crippen LogP contribution is -2.30. The number of benzene rings is 1. The van der Waals surface area contributed by atoms with Crippen LogP contribution in [0.2, 0.25) is 0 Å². The molecule has 0 radical (unpaired) electrons. The third-order valence-electron chi connectivity index (χ3n) is 3.18. The van der Waals surface area contributed by atoms with E-state index >= 15 is 0 Å². The van der Waals surface area contributed by atoms with Crippen molar-refractivity contribution in [2.45, 2.75) is 27.2 Å². The van der Waals surface area contributed by atoms with Crippen molar-refractivity contribution in [3.05, 3.63) is 34.4 Å². The fraction of sp³-hybridized carbons (Fsp3) is 0.333. The van der Waals surface area contributed by atoms with Gasteiger partial charge in [-0.2, -0.15) is 0 Å². The van der Waals surface area contributed by atoms with Gasteiger partial charge in [-0.15, -0.1) is 11.8 Å². The lowest BCUT2D eigenvalue weighted by Gasteiger charge is -2.11. The van der Waals surface area contributed by atoms with E-state index in [0.717, 1.165) is 11.1 Å². The monoisotopic (exact) mass is 241 g/mol. The number of carbonyl (C=O) groups is 2. The molecule has 1 aliphatic heterocycles. The van der Waals surface area contributed by atoms with E-state index in [2.05, 4.69) is 11.8 Å². The lowest BCUT2D eigenvalue weighted by molar-refractivity contribution is 0.0657. The van der Waals surface area contributed by atoms with Crippen LogP contribution >= 0.6 is 0 Å². The molecule has 0 fully saturated rings. The molecule has 1 heterocycles. The molecule has 0 saturated heterocycles. The van der Waals surface area contributed by atoms with Crippen molar-refractivity contribution in [2.75, 3.05) is 6.54 Å². The minimum atomic E-state index is -0.186. The van der Waals surface area contributed by atoms with Gasteiger partial charge in [0.25, 0.3) is 11.8 Å². The van der Waals surface area contributed by atoms with Crippen LogP contribution in [0.1, 0.15) is 45.2 Å². The Bertz CT molecular complexity index is 549. The molecule has 0 aromatic heterocycles. The average molecular weight is 241 g/mol. The fourth-order valence-corrected chi connectivity index (χ4v) is 2.22. The van der Waals surface area contributed by atoms with Crippen LogP contribution in [0.5, 0.6) is 0 Å². The van der Waals surface area contributed by atoms with Crippen molar-refractivity contribution in [1.29, 1.82) is 0 Å². The minimum Gasteiger partial charge on any atom is -0.273 e. The molecule has 0 saturated carbocycles. The molecule has 1 aromatic carbocycles. The van der Waals surface area contributed by atoms with Crippen molar-refractivity contribution in [3.8, 4) is 11.8 Å². The van der Waals surface area contributed by atoms with E-state index in [0.29, 0.717) is 24.1 Å². The number of nitrogens with zero attached hydrogens (tertiary/aromatic N) is 1. The largest absolute Gasteiger partial charge is 0.273 e. The zero-order valence-corrected chi connectivity index (χ0v) is 10.8. The number of hydrogen-bond acceptors (Lipinski definition) is 2. The summed E-state index contributed by atoms with van der Waals surface area (Å²) in [5, 5.41) is 0. The number of fused-ring (bicyclic) bond motifs is 1. The van der Waals surface area contributed by atoms with Crippen LogP contribution in [0.25, 0.3) is 0 Å². The van der Waals surface area contributed by atoms with E-state index in [1.54, 1.807) is 6.92 Å². The van der Waals surface area contributed by atoms with Gasteiger partial charge in [0, 0.05) is 13.0 Å². The van der Waals surface area contributed by atoms with Gasteiger partial charge in [-0.25, -0.2) is 0 Å². The second-order valence-electron chi connectivity index (χ2n) is 4.39. The number of rotatable bonds is 2. The van der Waals surface area contributed by atoms with Gasteiger partial charge in [0.05, 0.1) is 11.1 Å². The van der Waals surface area contributed by atoms with Crippen LogP contribution in [0, 0.1) is 25.7 Å². The van der Waals surface area contributed by atoms with E-state index in [1.165, 1.54) is 4.90 Å². The first-order valence-corrected chi connectivity index (χ1v) is 5.94. The summed E-state index contributed by atoms with van der Waals surface area (Å²) in [5.41, 5.74) is 2.84. The minimum absolute atomic E-state index is 0.186. The Morgan fingerprint density at radius 3 is 2.00 bits per heavy atom. The van der Waals surface area contributed by atoms with Crippen molar-refractivity contribution >= 4 is 11.8 Å².